The molecule has 1 fully saturated rings. The first-order chi connectivity index (χ1) is 11.6. The predicted octanol–water partition coefficient (Wildman–Crippen LogP) is 3.07. The number of methoxy groups -OCH3 is 1. The molecule has 2 N–H and O–H groups in total. The van der Waals surface area contributed by atoms with Gasteiger partial charge in [-0.2, -0.15) is 0 Å². The number of amides is 1. The van der Waals surface area contributed by atoms with Crippen molar-refractivity contribution in [3.63, 3.8) is 0 Å². The quantitative estimate of drug-likeness (QED) is 0.621. The SMILES string of the molecule is COc1ccc(C(NC(=O)C2(C(=O)O)CC=CC2)C2CCC2)cc1. The lowest BCUT2D eigenvalue weighted by molar-refractivity contribution is -0.155. The normalized spacial score (nSPS) is 20.2. The van der Waals surface area contributed by atoms with Crippen molar-refractivity contribution in [1.82, 2.24) is 5.32 Å². The monoisotopic (exact) mass is 329 g/mol. The fourth-order valence-electron chi connectivity index (χ4n) is 3.45. The number of allylic oxidation sites excluding steroid dienone is 2. The van der Waals surface area contributed by atoms with Crippen LogP contribution in [0.4, 0.5) is 0 Å². The summed E-state index contributed by atoms with van der Waals surface area (Å²) in [5.41, 5.74) is -0.352. The molecule has 5 nitrogen and oxygen atoms in total. The third-order valence-corrected chi connectivity index (χ3v) is 5.33. The van der Waals surface area contributed by atoms with Crippen LogP contribution in [0.3, 0.4) is 0 Å². The molecule has 1 atom stereocenters. The van der Waals surface area contributed by atoms with Crippen LogP contribution in [0.5, 0.6) is 5.75 Å². The zero-order valence-corrected chi connectivity index (χ0v) is 13.8. The van der Waals surface area contributed by atoms with Crippen LogP contribution in [-0.4, -0.2) is 24.1 Å². The molecular formula is C19H23NO4. The first-order valence-corrected chi connectivity index (χ1v) is 8.40. The zero-order chi connectivity index (χ0) is 17.2. The van der Waals surface area contributed by atoms with E-state index >= 15 is 0 Å². The van der Waals surface area contributed by atoms with Gasteiger partial charge in [0.15, 0.2) is 5.41 Å². The summed E-state index contributed by atoms with van der Waals surface area (Å²) in [4.78, 5) is 24.5. The Hall–Kier alpha value is -2.30. The van der Waals surface area contributed by atoms with Crippen molar-refractivity contribution in [3.8, 4) is 5.75 Å². The van der Waals surface area contributed by atoms with E-state index in [2.05, 4.69) is 5.32 Å². The molecule has 1 unspecified atom stereocenters. The number of carboxylic acid groups (broad SMARTS) is 1. The van der Waals surface area contributed by atoms with Gasteiger partial charge in [-0.05, 0) is 49.3 Å². The number of carboxylic acids is 1. The smallest absolute Gasteiger partial charge is 0.319 e. The molecule has 24 heavy (non-hydrogen) atoms. The number of hydrogen-bond acceptors (Lipinski definition) is 3. The highest BCUT2D eigenvalue weighted by Crippen LogP contribution is 2.40. The number of carbonyl (C=O) groups excluding carboxylic acids is 1. The molecule has 0 spiro atoms. The summed E-state index contributed by atoms with van der Waals surface area (Å²) in [6.45, 7) is 0. The van der Waals surface area contributed by atoms with E-state index in [0.717, 1.165) is 30.6 Å². The first kappa shape index (κ1) is 16.6. The van der Waals surface area contributed by atoms with E-state index < -0.39 is 11.4 Å². The summed E-state index contributed by atoms with van der Waals surface area (Å²) >= 11 is 0. The van der Waals surface area contributed by atoms with Crippen molar-refractivity contribution in [3.05, 3.63) is 42.0 Å². The highest BCUT2D eigenvalue weighted by Gasteiger charge is 2.47. The Labute approximate surface area is 141 Å². The Kier molecular flexibility index (Phi) is 4.60. The van der Waals surface area contributed by atoms with E-state index in [9.17, 15) is 14.7 Å². The minimum atomic E-state index is -1.35. The minimum absolute atomic E-state index is 0.144. The molecule has 2 aliphatic rings. The Morgan fingerprint density at radius 3 is 2.29 bits per heavy atom. The van der Waals surface area contributed by atoms with Crippen molar-refractivity contribution >= 4 is 11.9 Å². The van der Waals surface area contributed by atoms with Crippen molar-refractivity contribution < 1.29 is 19.4 Å². The molecule has 0 aromatic heterocycles. The van der Waals surface area contributed by atoms with Gasteiger partial charge in [-0.1, -0.05) is 30.7 Å². The highest BCUT2D eigenvalue weighted by molar-refractivity contribution is 6.03. The van der Waals surface area contributed by atoms with Gasteiger partial charge in [-0.25, -0.2) is 0 Å². The van der Waals surface area contributed by atoms with Gasteiger partial charge in [0.25, 0.3) is 0 Å². The lowest BCUT2D eigenvalue weighted by atomic mass is 9.76. The number of nitrogens with one attached hydrogen (secondary N) is 1. The van der Waals surface area contributed by atoms with Crippen molar-refractivity contribution in [1.29, 1.82) is 0 Å². The molecule has 3 rings (SSSR count). The predicted molar refractivity (Wildman–Crippen MR) is 89.7 cm³/mol. The lowest BCUT2D eigenvalue weighted by Gasteiger charge is -2.36. The van der Waals surface area contributed by atoms with Crippen molar-refractivity contribution in [2.75, 3.05) is 7.11 Å². The summed E-state index contributed by atoms with van der Waals surface area (Å²) in [6, 6.07) is 7.49. The van der Waals surface area contributed by atoms with Crippen LogP contribution < -0.4 is 10.1 Å². The topological polar surface area (TPSA) is 75.6 Å². The molecular weight excluding hydrogens is 306 g/mol. The van der Waals surface area contributed by atoms with Gasteiger partial charge in [0.1, 0.15) is 5.75 Å². The van der Waals surface area contributed by atoms with Crippen LogP contribution in [0.1, 0.15) is 43.7 Å². The molecule has 0 heterocycles. The largest absolute Gasteiger partial charge is 0.497 e. The zero-order valence-electron chi connectivity index (χ0n) is 13.8. The van der Waals surface area contributed by atoms with Crippen molar-refractivity contribution in [2.24, 2.45) is 11.3 Å². The van der Waals surface area contributed by atoms with Gasteiger partial charge in [0.2, 0.25) is 5.91 Å². The number of hydrogen-bond donors (Lipinski definition) is 2. The third-order valence-electron chi connectivity index (χ3n) is 5.33. The lowest BCUT2D eigenvalue weighted by Crippen LogP contribution is -2.48. The Bertz CT molecular complexity index is 638. The maximum Gasteiger partial charge on any atom is 0.319 e. The Morgan fingerprint density at radius 2 is 1.83 bits per heavy atom. The number of aliphatic carboxylic acids is 1. The second kappa shape index (κ2) is 6.67. The van der Waals surface area contributed by atoms with Crippen LogP contribution in [0.2, 0.25) is 0 Å². The number of ether oxygens (including phenoxy) is 1. The molecule has 1 saturated carbocycles. The molecule has 128 valence electrons. The summed E-state index contributed by atoms with van der Waals surface area (Å²) in [5, 5.41) is 12.6. The van der Waals surface area contributed by atoms with Crippen LogP contribution in [0.15, 0.2) is 36.4 Å². The van der Waals surface area contributed by atoms with E-state index in [1.807, 2.05) is 24.3 Å². The standard InChI is InChI=1S/C19H23NO4/c1-24-15-9-7-14(8-10-15)16(13-5-4-6-13)20-17(21)19(18(22)23)11-2-3-12-19/h2-3,7-10,13,16H,4-6,11-12H2,1H3,(H,20,21)(H,22,23). The first-order valence-electron chi connectivity index (χ1n) is 8.40. The maximum atomic E-state index is 12.8. The number of benzene rings is 1. The average Bonchev–Trinajstić information content (AvgIpc) is 3.04. The van der Waals surface area contributed by atoms with Gasteiger partial charge in [0, 0.05) is 0 Å². The molecule has 5 heteroatoms. The minimum Gasteiger partial charge on any atom is -0.497 e. The Morgan fingerprint density at radius 1 is 1.21 bits per heavy atom. The summed E-state index contributed by atoms with van der Waals surface area (Å²) in [5.74, 6) is -0.304. The molecule has 1 aromatic rings. The fraction of sp³-hybridized carbons (Fsp3) is 0.474. The molecule has 0 saturated heterocycles. The van der Waals surface area contributed by atoms with E-state index in [1.165, 1.54) is 0 Å². The van der Waals surface area contributed by atoms with E-state index in [0.29, 0.717) is 5.92 Å². The van der Waals surface area contributed by atoms with Gasteiger partial charge in [0.05, 0.1) is 13.2 Å². The Balaban J connectivity index is 1.81. The summed E-state index contributed by atoms with van der Waals surface area (Å²) in [6.07, 6.45) is 7.32. The van der Waals surface area contributed by atoms with E-state index in [4.69, 9.17) is 4.74 Å². The average molecular weight is 329 g/mol. The second-order valence-electron chi connectivity index (χ2n) is 6.68. The maximum absolute atomic E-state index is 12.8. The molecule has 0 bridgehead atoms. The van der Waals surface area contributed by atoms with E-state index in [-0.39, 0.29) is 24.8 Å². The van der Waals surface area contributed by atoms with Crippen LogP contribution in [-0.2, 0) is 9.59 Å². The van der Waals surface area contributed by atoms with Gasteiger partial charge < -0.3 is 15.2 Å². The van der Waals surface area contributed by atoms with E-state index in [1.54, 1.807) is 19.3 Å². The van der Waals surface area contributed by atoms with Crippen LogP contribution in [0.25, 0.3) is 0 Å². The van der Waals surface area contributed by atoms with Crippen LogP contribution in [0, 0.1) is 11.3 Å². The van der Waals surface area contributed by atoms with Crippen LogP contribution >= 0.6 is 0 Å². The van der Waals surface area contributed by atoms with Gasteiger partial charge >= 0.3 is 5.97 Å². The molecule has 2 aliphatic carbocycles. The summed E-state index contributed by atoms with van der Waals surface area (Å²) in [7, 11) is 1.61. The molecule has 0 radical (unpaired) electrons. The molecule has 1 amide bonds. The molecule has 1 aromatic carbocycles. The van der Waals surface area contributed by atoms with Gasteiger partial charge in [-0.15, -0.1) is 0 Å². The number of carbonyl (C=O) groups is 2. The molecule has 0 aliphatic heterocycles. The second-order valence-corrected chi connectivity index (χ2v) is 6.68. The van der Waals surface area contributed by atoms with Gasteiger partial charge in [-0.3, -0.25) is 9.59 Å². The third kappa shape index (κ3) is 2.90. The fourth-order valence-corrected chi connectivity index (χ4v) is 3.45. The number of rotatable bonds is 6. The summed E-state index contributed by atoms with van der Waals surface area (Å²) < 4.78 is 5.19. The highest BCUT2D eigenvalue weighted by atomic mass is 16.5. The van der Waals surface area contributed by atoms with Crippen molar-refractivity contribution in [2.45, 2.75) is 38.1 Å².